The summed E-state index contributed by atoms with van der Waals surface area (Å²) in [4.78, 5) is 4.39. The summed E-state index contributed by atoms with van der Waals surface area (Å²) in [5.41, 5.74) is 2.49. The van der Waals surface area contributed by atoms with Gasteiger partial charge in [0.1, 0.15) is 5.84 Å². The first-order valence-corrected chi connectivity index (χ1v) is 6.60. The van der Waals surface area contributed by atoms with E-state index in [1.807, 2.05) is 7.05 Å². The van der Waals surface area contributed by atoms with Gasteiger partial charge in [-0.2, -0.15) is 0 Å². The highest BCUT2D eigenvalue weighted by atomic mass is 127. The topological polar surface area (TPSA) is 24.4 Å². The van der Waals surface area contributed by atoms with Gasteiger partial charge in [0.25, 0.3) is 0 Å². The summed E-state index contributed by atoms with van der Waals surface area (Å²) >= 11 is 0. The lowest BCUT2D eigenvalue weighted by atomic mass is 9.95. The van der Waals surface area contributed by atoms with Crippen LogP contribution in [-0.2, 0) is 0 Å². The molecule has 0 unspecified atom stereocenters. The zero-order valence-electron chi connectivity index (χ0n) is 11.3. The van der Waals surface area contributed by atoms with Crippen molar-refractivity contribution in [3.8, 4) is 0 Å². The van der Waals surface area contributed by atoms with Crippen LogP contribution in [0.1, 0.15) is 43.2 Å². The molecular formula is C15H23IN2. The quantitative estimate of drug-likeness (QED) is 0.484. The van der Waals surface area contributed by atoms with E-state index in [0.29, 0.717) is 6.04 Å². The van der Waals surface area contributed by atoms with Crippen LogP contribution in [-0.4, -0.2) is 18.9 Å². The molecule has 0 saturated heterocycles. The largest absolute Gasteiger partial charge is 0.367 e. The molecular weight excluding hydrogens is 335 g/mol. The summed E-state index contributed by atoms with van der Waals surface area (Å²) in [7, 11) is 1.87. The molecule has 0 amide bonds. The van der Waals surface area contributed by atoms with Gasteiger partial charge in [0.2, 0.25) is 0 Å². The van der Waals surface area contributed by atoms with Gasteiger partial charge in [-0.05, 0) is 19.8 Å². The SMILES string of the molecule is CN=C(NC1CCCCC1)c1ccc(C)cc1.I. The maximum absolute atomic E-state index is 4.39. The van der Waals surface area contributed by atoms with Crippen molar-refractivity contribution >= 4 is 29.8 Å². The highest BCUT2D eigenvalue weighted by molar-refractivity contribution is 14.0. The molecule has 0 radical (unpaired) electrons. The van der Waals surface area contributed by atoms with Crippen molar-refractivity contribution in [1.82, 2.24) is 5.32 Å². The van der Waals surface area contributed by atoms with Crippen molar-refractivity contribution in [1.29, 1.82) is 0 Å². The zero-order valence-corrected chi connectivity index (χ0v) is 13.6. The number of aliphatic imine (C=N–C) groups is 1. The van der Waals surface area contributed by atoms with Gasteiger partial charge in [-0.3, -0.25) is 4.99 Å². The van der Waals surface area contributed by atoms with Gasteiger partial charge in [-0.15, -0.1) is 24.0 Å². The summed E-state index contributed by atoms with van der Waals surface area (Å²) in [6.07, 6.45) is 6.65. The Kier molecular flexibility index (Phi) is 6.68. The third-order valence-electron chi connectivity index (χ3n) is 3.49. The lowest BCUT2D eigenvalue weighted by molar-refractivity contribution is 0.413. The van der Waals surface area contributed by atoms with E-state index in [-0.39, 0.29) is 24.0 Å². The van der Waals surface area contributed by atoms with E-state index in [2.05, 4.69) is 41.5 Å². The second kappa shape index (κ2) is 7.77. The van der Waals surface area contributed by atoms with Crippen LogP contribution in [0.2, 0.25) is 0 Å². The van der Waals surface area contributed by atoms with Gasteiger partial charge >= 0.3 is 0 Å². The maximum atomic E-state index is 4.39. The fraction of sp³-hybridized carbons (Fsp3) is 0.533. The van der Waals surface area contributed by atoms with E-state index in [1.54, 1.807) is 0 Å². The Morgan fingerprint density at radius 2 is 1.72 bits per heavy atom. The molecule has 18 heavy (non-hydrogen) atoms. The van der Waals surface area contributed by atoms with Crippen LogP contribution in [0.25, 0.3) is 0 Å². The average Bonchev–Trinajstić information content (AvgIpc) is 2.38. The molecule has 1 aliphatic rings. The summed E-state index contributed by atoms with van der Waals surface area (Å²) in [5.74, 6) is 1.04. The number of hydrogen-bond donors (Lipinski definition) is 1. The van der Waals surface area contributed by atoms with Crippen LogP contribution in [0.5, 0.6) is 0 Å². The van der Waals surface area contributed by atoms with Crippen LogP contribution >= 0.6 is 24.0 Å². The molecule has 1 fully saturated rings. The van der Waals surface area contributed by atoms with Gasteiger partial charge in [-0.25, -0.2) is 0 Å². The van der Waals surface area contributed by atoms with Crippen LogP contribution < -0.4 is 5.32 Å². The van der Waals surface area contributed by atoms with Gasteiger partial charge in [0.05, 0.1) is 0 Å². The Morgan fingerprint density at radius 3 is 2.28 bits per heavy atom. The Labute approximate surface area is 127 Å². The molecule has 3 heteroatoms. The van der Waals surface area contributed by atoms with E-state index in [1.165, 1.54) is 43.2 Å². The summed E-state index contributed by atoms with van der Waals surface area (Å²) in [6, 6.07) is 9.19. The molecule has 1 aromatic rings. The molecule has 1 saturated carbocycles. The Bertz CT molecular complexity index is 378. The molecule has 0 aliphatic heterocycles. The molecule has 2 nitrogen and oxygen atoms in total. The van der Waals surface area contributed by atoms with Crippen LogP contribution in [0.15, 0.2) is 29.3 Å². The van der Waals surface area contributed by atoms with E-state index >= 15 is 0 Å². The first-order chi connectivity index (χ1) is 8.29. The van der Waals surface area contributed by atoms with Crippen LogP contribution in [0, 0.1) is 6.92 Å². The zero-order chi connectivity index (χ0) is 12.1. The maximum Gasteiger partial charge on any atom is 0.128 e. The normalized spacial score (nSPS) is 17.1. The van der Waals surface area contributed by atoms with Crippen molar-refractivity contribution in [2.24, 2.45) is 4.99 Å². The molecule has 2 rings (SSSR count). The lowest BCUT2D eigenvalue weighted by Gasteiger charge is -2.24. The third-order valence-corrected chi connectivity index (χ3v) is 3.49. The van der Waals surface area contributed by atoms with Crippen molar-refractivity contribution < 1.29 is 0 Å². The van der Waals surface area contributed by atoms with Crippen molar-refractivity contribution in [2.45, 2.75) is 45.1 Å². The molecule has 1 N–H and O–H groups in total. The minimum Gasteiger partial charge on any atom is -0.367 e. The van der Waals surface area contributed by atoms with Crippen LogP contribution in [0.4, 0.5) is 0 Å². The average molecular weight is 358 g/mol. The van der Waals surface area contributed by atoms with Crippen LogP contribution in [0.3, 0.4) is 0 Å². The van der Waals surface area contributed by atoms with Crippen molar-refractivity contribution in [3.05, 3.63) is 35.4 Å². The van der Waals surface area contributed by atoms with Gasteiger partial charge < -0.3 is 5.32 Å². The molecule has 100 valence electrons. The number of nitrogens with one attached hydrogen (secondary N) is 1. The Balaban J connectivity index is 0.00000162. The third kappa shape index (κ3) is 4.26. The van der Waals surface area contributed by atoms with E-state index in [9.17, 15) is 0 Å². The Morgan fingerprint density at radius 1 is 1.11 bits per heavy atom. The fourth-order valence-corrected chi connectivity index (χ4v) is 2.43. The van der Waals surface area contributed by atoms with E-state index in [0.717, 1.165) is 5.84 Å². The highest BCUT2D eigenvalue weighted by Crippen LogP contribution is 2.18. The molecule has 1 aromatic carbocycles. The standard InChI is InChI=1S/C15H22N2.HI/c1-12-8-10-13(11-9-12)15(16-2)17-14-6-4-3-5-7-14;/h8-11,14H,3-7H2,1-2H3,(H,16,17);1H. The number of hydrogen-bond acceptors (Lipinski definition) is 1. The minimum absolute atomic E-state index is 0. The molecule has 0 atom stereocenters. The molecule has 0 bridgehead atoms. The van der Waals surface area contributed by atoms with E-state index < -0.39 is 0 Å². The second-order valence-electron chi connectivity index (χ2n) is 4.92. The second-order valence-corrected chi connectivity index (χ2v) is 4.92. The number of nitrogens with zero attached hydrogens (tertiary/aromatic N) is 1. The van der Waals surface area contributed by atoms with Gasteiger partial charge in [0.15, 0.2) is 0 Å². The minimum atomic E-state index is 0. The predicted octanol–water partition coefficient (Wildman–Crippen LogP) is 3.91. The number of amidine groups is 1. The summed E-state index contributed by atoms with van der Waals surface area (Å²) < 4.78 is 0. The Hall–Kier alpha value is -0.580. The summed E-state index contributed by atoms with van der Waals surface area (Å²) in [5, 5.41) is 3.59. The first-order valence-electron chi connectivity index (χ1n) is 6.60. The van der Waals surface area contributed by atoms with Crippen molar-refractivity contribution in [3.63, 3.8) is 0 Å². The molecule has 0 heterocycles. The molecule has 1 aliphatic carbocycles. The number of halogens is 1. The number of rotatable bonds is 2. The fourth-order valence-electron chi connectivity index (χ4n) is 2.43. The molecule has 0 spiro atoms. The lowest BCUT2D eigenvalue weighted by Crippen LogP contribution is -2.36. The van der Waals surface area contributed by atoms with E-state index in [4.69, 9.17) is 0 Å². The number of aryl methyl sites for hydroxylation is 1. The molecule has 0 aromatic heterocycles. The predicted molar refractivity (Wildman–Crippen MR) is 89.1 cm³/mol. The smallest absolute Gasteiger partial charge is 0.128 e. The van der Waals surface area contributed by atoms with Gasteiger partial charge in [0, 0.05) is 18.7 Å². The number of benzene rings is 1. The monoisotopic (exact) mass is 358 g/mol. The highest BCUT2D eigenvalue weighted by Gasteiger charge is 2.14. The van der Waals surface area contributed by atoms with Gasteiger partial charge in [-0.1, -0.05) is 49.1 Å². The summed E-state index contributed by atoms with van der Waals surface area (Å²) in [6.45, 7) is 2.11. The first kappa shape index (κ1) is 15.5. The van der Waals surface area contributed by atoms with Crippen molar-refractivity contribution in [2.75, 3.05) is 7.05 Å².